The summed E-state index contributed by atoms with van der Waals surface area (Å²) in [4.78, 5) is 4.27. The summed E-state index contributed by atoms with van der Waals surface area (Å²) in [6.45, 7) is 6.87. The van der Waals surface area contributed by atoms with Gasteiger partial charge in [-0.05, 0) is 30.2 Å². The number of ether oxygens (including phenoxy) is 1. The number of hydrogen-bond acceptors (Lipinski definition) is 4. The largest absolute Gasteiger partial charge is 0.417 e. The van der Waals surface area contributed by atoms with Gasteiger partial charge in [0.05, 0.1) is 5.69 Å². The summed E-state index contributed by atoms with van der Waals surface area (Å²) >= 11 is 6.07. The summed E-state index contributed by atoms with van der Waals surface area (Å²) in [7, 11) is 0. The molecule has 0 fully saturated rings. The number of benzene rings is 1. The number of aryl methyl sites for hydroxylation is 1. The minimum absolute atomic E-state index is 0.245. The minimum Gasteiger partial charge on any atom is -0.417 e. The highest BCUT2D eigenvalue weighted by Gasteiger charge is 2.08. The van der Waals surface area contributed by atoms with Gasteiger partial charge in [0.2, 0.25) is 0 Å². The third-order valence-corrected chi connectivity index (χ3v) is 3.19. The van der Waals surface area contributed by atoms with E-state index in [0.717, 1.165) is 22.7 Å². The Bertz CT molecular complexity index is 567. The van der Waals surface area contributed by atoms with Crippen LogP contribution in [-0.4, -0.2) is 11.0 Å². The Kier molecular flexibility index (Phi) is 5.04. The van der Waals surface area contributed by atoms with Gasteiger partial charge in [0.25, 0.3) is 0 Å². The monoisotopic (exact) mass is 294 g/mol. The number of nitrogens with one attached hydrogen (secondary N) is 1. The first-order valence-electron chi connectivity index (χ1n) is 6.72. The van der Waals surface area contributed by atoms with Crippen molar-refractivity contribution in [2.24, 2.45) is 0 Å². The Morgan fingerprint density at radius 3 is 2.90 bits per heavy atom. The van der Waals surface area contributed by atoms with Crippen molar-refractivity contribution in [3.63, 3.8) is 0 Å². The average molecular weight is 295 g/mol. The fourth-order valence-electron chi connectivity index (χ4n) is 1.71. The maximum absolute atomic E-state index is 6.07. The van der Waals surface area contributed by atoms with Crippen molar-refractivity contribution >= 4 is 11.6 Å². The zero-order chi connectivity index (χ0) is 14.5. The first-order valence-corrected chi connectivity index (χ1v) is 7.10. The first-order chi connectivity index (χ1) is 9.58. The predicted octanol–water partition coefficient (Wildman–Crippen LogP) is 4.18. The van der Waals surface area contributed by atoms with Crippen LogP contribution in [0.15, 0.2) is 28.9 Å². The Labute approximate surface area is 124 Å². The smallest absolute Gasteiger partial charge is 0.399 e. The fraction of sp³-hybridized carbons (Fsp3) is 0.400. The molecule has 0 saturated carbocycles. The Hall–Kier alpha value is -1.52. The van der Waals surface area contributed by atoms with Gasteiger partial charge in [-0.1, -0.05) is 32.4 Å². The second-order valence-corrected chi connectivity index (χ2v) is 5.26. The molecule has 0 spiro atoms. The highest BCUT2D eigenvalue weighted by molar-refractivity contribution is 6.31. The molecule has 0 radical (unpaired) electrons. The number of halogens is 1. The van der Waals surface area contributed by atoms with Gasteiger partial charge in [-0.2, -0.15) is 4.98 Å². The molecule has 20 heavy (non-hydrogen) atoms. The topological polar surface area (TPSA) is 47.3 Å². The normalized spacial score (nSPS) is 11.1. The lowest BCUT2D eigenvalue weighted by molar-refractivity contribution is 0.330. The maximum Gasteiger partial charge on any atom is 0.399 e. The fourth-order valence-corrected chi connectivity index (χ4v) is 1.96. The molecule has 0 unspecified atom stereocenters. The molecule has 2 aromatic rings. The molecule has 1 N–H and O–H groups in total. The molecule has 0 aliphatic rings. The standard InChI is InChI=1S/C15H19ClN2O2/c1-4-11-7-13(5-6-14(11)16)20-15-18-12(9-19-15)8-17-10(2)3/h5-7,9-10,17H,4,8H2,1-3H3. The van der Waals surface area contributed by atoms with Crippen molar-refractivity contribution in [2.45, 2.75) is 39.8 Å². The van der Waals surface area contributed by atoms with Gasteiger partial charge in [0.15, 0.2) is 0 Å². The van der Waals surface area contributed by atoms with Gasteiger partial charge in [0, 0.05) is 17.6 Å². The van der Waals surface area contributed by atoms with Gasteiger partial charge < -0.3 is 14.5 Å². The molecule has 2 rings (SSSR count). The van der Waals surface area contributed by atoms with Crippen molar-refractivity contribution < 1.29 is 9.15 Å². The molecule has 0 atom stereocenters. The summed E-state index contributed by atoms with van der Waals surface area (Å²) in [6.07, 6.45) is 2.70. The Morgan fingerprint density at radius 1 is 1.40 bits per heavy atom. The number of rotatable bonds is 6. The van der Waals surface area contributed by atoms with Crippen LogP contribution in [0.2, 0.25) is 5.02 Å². The molecule has 108 valence electrons. The van der Waals surface area contributed by atoms with Crippen molar-refractivity contribution in [3.8, 4) is 11.8 Å². The van der Waals surface area contributed by atoms with Gasteiger partial charge in [-0.15, -0.1) is 0 Å². The molecule has 0 bridgehead atoms. The molecule has 0 aliphatic carbocycles. The number of nitrogens with zero attached hydrogens (tertiary/aromatic N) is 1. The van der Waals surface area contributed by atoms with Crippen LogP contribution in [0.3, 0.4) is 0 Å². The van der Waals surface area contributed by atoms with E-state index >= 15 is 0 Å². The lowest BCUT2D eigenvalue weighted by Crippen LogP contribution is -2.21. The summed E-state index contributed by atoms with van der Waals surface area (Å²) in [5, 5.41) is 4.01. The van der Waals surface area contributed by atoms with Gasteiger partial charge in [-0.25, -0.2) is 0 Å². The molecule has 0 saturated heterocycles. The van der Waals surface area contributed by atoms with Crippen LogP contribution in [0, 0.1) is 0 Å². The van der Waals surface area contributed by atoms with Gasteiger partial charge >= 0.3 is 6.08 Å². The van der Waals surface area contributed by atoms with Crippen LogP contribution < -0.4 is 10.1 Å². The minimum atomic E-state index is 0.245. The lowest BCUT2D eigenvalue weighted by Gasteiger charge is -2.05. The van der Waals surface area contributed by atoms with E-state index in [-0.39, 0.29) is 6.08 Å². The van der Waals surface area contributed by atoms with Crippen LogP contribution in [0.1, 0.15) is 32.0 Å². The third kappa shape index (κ3) is 3.99. The van der Waals surface area contributed by atoms with E-state index in [1.807, 2.05) is 19.1 Å². The number of oxazole rings is 1. The summed E-state index contributed by atoms with van der Waals surface area (Å²) in [5.41, 5.74) is 1.86. The molecule has 1 heterocycles. The summed E-state index contributed by atoms with van der Waals surface area (Å²) in [6, 6.07) is 5.93. The predicted molar refractivity (Wildman–Crippen MR) is 79.4 cm³/mol. The van der Waals surface area contributed by atoms with E-state index in [1.165, 1.54) is 0 Å². The maximum atomic E-state index is 6.07. The molecular weight excluding hydrogens is 276 g/mol. The summed E-state index contributed by atoms with van der Waals surface area (Å²) in [5.74, 6) is 0.677. The summed E-state index contributed by atoms with van der Waals surface area (Å²) < 4.78 is 10.9. The zero-order valence-corrected chi connectivity index (χ0v) is 12.7. The quantitative estimate of drug-likeness (QED) is 0.868. The molecule has 5 heteroatoms. The Morgan fingerprint density at radius 2 is 2.20 bits per heavy atom. The van der Waals surface area contributed by atoms with Crippen molar-refractivity contribution in [2.75, 3.05) is 0 Å². The second-order valence-electron chi connectivity index (χ2n) is 4.85. The highest BCUT2D eigenvalue weighted by Crippen LogP contribution is 2.26. The van der Waals surface area contributed by atoms with E-state index in [9.17, 15) is 0 Å². The second kappa shape index (κ2) is 6.77. The van der Waals surface area contributed by atoms with E-state index in [2.05, 4.69) is 24.1 Å². The highest BCUT2D eigenvalue weighted by atomic mass is 35.5. The van der Waals surface area contributed by atoms with E-state index < -0.39 is 0 Å². The van der Waals surface area contributed by atoms with E-state index in [1.54, 1.807) is 12.3 Å². The van der Waals surface area contributed by atoms with Crippen LogP contribution in [0.4, 0.5) is 0 Å². The number of hydrogen-bond donors (Lipinski definition) is 1. The third-order valence-electron chi connectivity index (χ3n) is 2.83. The number of aromatic nitrogens is 1. The molecule has 4 nitrogen and oxygen atoms in total. The first kappa shape index (κ1) is 14.9. The van der Waals surface area contributed by atoms with Gasteiger partial charge in [0.1, 0.15) is 12.0 Å². The van der Waals surface area contributed by atoms with E-state index in [0.29, 0.717) is 18.3 Å². The van der Waals surface area contributed by atoms with Crippen molar-refractivity contribution in [1.29, 1.82) is 0 Å². The molecule has 1 aromatic heterocycles. The van der Waals surface area contributed by atoms with Crippen molar-refractivity contribution in [3.05, 3.63) is 40.7 Å². The van der Waals surface area contributed by atoms with Crippen LogP contribution in [0.25, 0.3) is 0 Å². The van der Waals surface area contributed by atoms with Crippen LogP contribution in [-0.2, 0) is 13.0 Å². The lowest BCUT2D eigenvalue weighted by atomic mass is 10.2. The van der Waals surface area contributed by atoms with Gasteiger partial charge in [-0.3, -0.25) is 0 Å². The molecular formula is C15H19ClN2O2. The van der Waals surface area contributed by atoms with Crippen molar-refractivity contribution in [1.82, 2.24) is 10.3 Å². The van der Waals surface area contributed by atoms with E-state index in [4.69, 9.17) is 20.8 Å². The average Bonchev–Trinajstić information content (AvgIpc) is 2.86. The van der Waals surface area contributed by atoms with Crippen LogP contribution in [0.5, 0.6) is 11.8 Å². The Balaban J connectivity index is 2.03. The van der Waals surface area contributed by atoms with Crippen LogP contribution >= 0.6 is 11.6 Å². The SMILES string of the molecule is CCc1cc(Oc2nc(CNC(C)C)co2)ccc1Cl. The zero-order valence-electron chi connectivity index (χ0n) is 11.9. The molecule has 1 aromatic carbocycles. The molecule has 0 aliphatic heterocycles. The molecule has 0 amide bonds.